The molecule has 1 amide bonds. The first-order valence-corrected chi connectivity index (χ1v) is 7.97. The van der Waals surface area contributed by atoms with Crippen molar-refractivity contribution in [3.05, 3.63) is 54.6 Å². The predicted octanol–water partition coefficient (Wildman–Crippen LogP) is 4.05. The molecule has 2 aromatic carbocycles. The molecule has 122 valence electrons. The van der Waals surface area contributed by atoms with Gasteiger partial charge in [-0.05, 0) is 43.1 Å². The lowest BCUT2D eigenvalue weighted by atomic mass is 10.1. The van der Waals surface area contributed by atoms with E-state index in [2.05, 4.69) is 24.5 Å². The largest absolute Gasteiger partial charge is 0.455 e. The topological polar surface area (TPSA) is 50.4 Å². The molecule has 0 aliphatic heterocycles. The Hall–Kier alpha value is -2.33. The number of hydrogen-bond donors (Lipinski definition) is 2. The number of hydrogen-bond acceptors (Lipinski definition) is 3. The third-order valence-electron chi connectivity index (χ3n) is 3.32. The van der Waals surface area contributed by atoms with E-state index in [0.717, 1.165) is 18.7 Å². The van der Waals surface area contributed by atoms with Crippen molar-refractivity contribution in [2.75, 3.05) is 18.4 Å². The van der Waals surface area contributed by atoms with Gasteiger partial charge in [-0.1, -0.05) is 44.2 Å². The fraction of sp³-hybridized carbons (Fsp3) is 0.316. The van der Waals surface area contributed by atoms with E-state index in [-0.39, 0.29) is 5.91 Å². The van der Waals surface area contributed by atoms with Gasteiger partial charge in [0.2, 0.25) is 5.91 Å². The normalized spacial score (nSPS) is 10.6. The molecule has 2 aromatic rings. The van der Waals surface area contributed by atoms with E-state index in [0.29, 0.717) is 23.9 Å². The molecular formula is C19H24N2O2. The van der Waals surface area contributed by atoms with Crippen molar-refractivity contribution < 1.29 is 9.53 Å². The van der Waals surface area contributed by atoms with Crippen molar-refractivity contribution in [2.24, 2.45) is 5.92 Å². The summed E-state index contributed by atoms with van der Waals surface area (Å²) >= 11 is 0. The van der Waals surface area contributed by atoms with Gasteiger partial charge < -0.3 is 15.4 Å². The highest BCUT2D eigenvalue weighted by Crippen LogP contribution is 2.28. The number of anilines is 1. The van der Waals surface area contributed by atoms with E-state index >= 15 is 0 Å². The monoisotopic (exact) mass is 312 g/mol. The average Bonchev–Trinajstić information content (AvgIpc) is 2.54. The first-order chi connectivity index (χ1) is 11.1. The zero-order valence-corrected chi connectivity index (χ0v) is 13.7. The predicted molar refractivity (Wildman–Crippen MR) is 93.9 cm³/mol. The summed E-state index contributed by atoms with van der Waals surface area (Å²) in [4.78, 5) is 12.0. The minimum Gasteiger partial charge on any atom is -0.455 e. The molecule has 4 heteroatoms. The van der Waals surface area contributed by atoms with Gasteiger partial charge in [0.15, 0.2) is 5.75 Å². The van der Waals surface area contributed by atoms with Crippen molar-refractivity contribution in [1.29, 1.82) is 0 Å². The Labute approximate surface area is 137 Å². The summed E-state index contributed by atoms with van der Waals surface area (Å²) in [6, 6.07) is 17.0. The Morgan fingerprint density at radius 1 is 1.04 bits per heavy atom. The van der Waals surface area contributed by atoms with Crippen LogP contribution in [-0.4, -0.2) is 19.0 Å². The highest BCUT2D eigenvalue weighted by Gasteiger charge is 2.08. The molecule has 2 N–H and O–H groups in total. The van der Waals surface area contributed by atoms with Crippen LogP contribution in [0, 0.1) is 5.92 Å². The lowest BCUT2D eigenvalue weighted by Gasteiger charge is -2.12. The van der Waals surface area contributed by atoms with Gasteiger partial charge >= 0.3 is 0 Å². The third kappa shape index (κ3) is 6.12. The summed E-state index contributed by atoms with van der Waals surface area (Å²) in [7, 11) is 0. The molecule has 0 atom stereocenters. The number of para-hydroxylation sites is 3. The van der Waals surface area contributed by atoms with Gasteiger partial charge in [0.1, 0.15) is 5.75 Å². The summed E-state index contributed by atoms with van der Waals surface area (Å²) < 4.78 is 5.83. The zero-order chi connectivity index (χ0) is 16.5. The van der Waals surface area contributed by atoms with E-state index < -0.39 is 0 Å². The molecule has 0 saturated carbocycles. The summed E-state index contributed by atoms with van der Waals surface area (Å²) in [5.41, 5.74) is 0.673. The Morgan fingerprint density at radius 2 is 1.74 bits per heavy atom. The van der Waals surface area contributed by atoms with Crippen LogP contribution in [0.25, 0.3) is 0 Å². The second-order valence-corrected chi connectivity index (χ2v) is 5.82. The molecule has 2 rings (SSSR count). The van der Waals surface area contributed by atoms with Crippen LogP contribution in [0.4, 0.5) is 5.69 Å². The fourth-order valence-electron chi connectivity index (χ4n) is 2.06. The standard InChI is InChI=1S/C19H24N2O2/c1-15(2)12-13-20-14-19(22)21-17-10-6-7-11-18(17)23-16-8-4-3-5-9-16/h3-11,15,20H,12-14H2,1-2H3,(H,21,22). The molecule has 0 saturated heterocycles. The highest BCUT2D eigenvalue weighted by atomic mass is 16.5. The van der Waals surface area contributed by atoms with Crippen LogP contribution < -0.4 is 15.4 Å². The van der Waals surface area contributed by atoms with Gasteiger partial charge in [0, 0.05) is 0 Å². The maximum Gasteiger partial charge on any atom is 0.238 e. The molecule has 0 unspecified atom stereocenters. The fourth-order valence-corrected chi connectivity index (χ4v) is 2.06. The minimum atomic E-state index is -0.0714. The molecule has 0 spiro atoms. The molecule has 0 aliphatic rings. The summed E-state index contributed by atoms with van der Waals surface area (Å²) in [6.07, 6.45) is 1.06. The number of benzene rings is 2. The van der Waals surface area contributed by atoms with Crippen LogP contribution >= 0.6 is 0 Å². The van der Waals surface area contributed by atoms with Crippen molar-refractivity contribution in [1.82, 2.24) is 5.32 Å². The van der Waals surface area contributed by atoms with Gasteiger partial charge in [-0.15, -0.1) is 0 Å². The minimum absolute atomic E-state index is 0.0714. The Balaban J connectivity index is 1.91. The lowest BCUT2D eigenvalue weighted by molar-refractivity contribution is -0.115. The Kier molecular flexibility index (Phi) is 6.63. The molecule has 0 aliphatic carbocycles. The summed E-state index contributed by atoms with van der Waals surface area (Å²) in [6.45, 7) is 5.47. The van der Waals surface area contributed by atoms with Crippen LogP contribution in [0.5, 0.6) is 11.5 Å². The number of ether oxygens (including phenoxy) is 1. The zero-order valence-electron chi connectivity index (χ0n) is 13.7. The maximum atomic E-state index is 12.0. The van der Waals surface area contributed by atoms with Gasteiger partial charge in [-0.3, -0.25) is 4.79 Å². The van der Waals surface area contributed by atoms with E-state index in [1.165, 1.54) is 0 Å². The Morgan fingerprint density at radius 3 is 2.48 bits per heavy atom. The quantitative estimate of drug-likeness (QED) is 0.723. The number of carbonyl (C=O) groups excluding carboxylic acids is 1. The lowest BCUT2D eigenvalue weighted by Crippen LogP contribution is -2.29. The molecule has 0 aromatic heterocycles. The van der Waals surface area contributed by atoms with Crippen LogP contribution in [0.1, 0.15) is 20.3 Å². The van der Waals surface area contributed by atoms with Crippen LogP contribution in [-0.2, 0) is 4.79 Å². The SMILES string of the molecule is CC(C)CCNCC(=O)Nc1ccccc1Oc1ccccc1. The summed E-state index contributed by atoms with van der Waals surface area (Å²) in [5.74, 6) is 1.93. The molecule has 0 heterocycles. The third-order valence-corrected chi connectivity index (χ3v) is 3.32. The number of nitrogens with one attached hydrogen (secondary N) is 2. The van der Waals surface area contributed by atoms with Gasteiger partial charge in [-0.25, -0.2) is 0 Å². The van der Waals surface area contributed by atoms with Gasteiger partial charge in [-0.2, -0.15) is 0 Å². The number of carbonyl (C=O) groups is 1. The molecule has 0 radical (unpaired) electrons. The van der Waals surface area contributed by atoms with Crippen molar-refractivity contribution in [2.45, 2.75) is 20.3 Å². The van der Waals surface area contributed by atoms with Crippen LogP contribution in [0.2, 0.25) is 0 Å². The van der Waals surface area contributed by atoms with E-state index in [4.69, 9.17) is 4.74 Å². The van der Waals surface area contributed by atoms with E-state index in [9.17, 15) is 4.79 Å². The van der Waals surface area contributed by atoms with Crippen molar-refractivity contribution >= 4 is 11.6 Å². The second kappa shape index (κ2) is 8.96. The van der Waals surface area contributed by atoms with Crippen LogP contribution in [0.3, 0.4) is 0 Å². The molecule has 4 nitrogen and oxygen atoms in total. The number of rotatable bonds is 8. The first kappa shape index (κ1) is 17.0. The van der Waals surface area contributed by atoms with Gasteiger partial charge in [0.05, 0.1) is 12.2 Å². The molecular weight excluding hydrogens is 288 g/mol. The van der Waals surface area contributed by atoms with Crippen molar-refractivity contribution in [3.8, 4) is 11.5 Å². The Bertz CT molecular complexity index is 612. The molecule has 0 fully saturated rings. The molecule has 23 heavy (non-hydrogen) atoms. The second-order valence-electron chi connectivity index (χ2n) is 5.82. The van der Waals surface area contributed by atoms with E-state index in [1.807, 2.05) is 54.6 Å². The smallest absolute Gasteiger partial charge is 0.238 e. The summed E-state index contributed by atoms with van der Waals surface area (Å²) in [5, 5.41) is 6.05. The first-order valence-electron chi connectivity index (χ1n) is 7.97. The van der Waals surface area contributed by atoms with Crippen molar-refractivity contribution in [3.63, 3.8) is 0 Å². The number of amides is 1. The van der Waals surface area contributed by atoms with E-state index in [1.54, 1.807) is 0 Å². The maximum absolute atomic E-state index is 12.0. The molecule has 0 bridgehead atoms. The highest BCUT2D eigenvalue weighted by molar-refractivity contribution is 5.93. The average molecular weight is 312 g/mol. The van der Waals surface area contributed by atoms with Gasteiger partial charge in [0.25, 0.3) is 0 Å². The van der Waals surface area contributed by atoms with Crippen LogP contribution in [0.15, 0.2) is 54.6 Å².